The lowest BCUT2D eigenvalue weighted by Gasteiger charge is -2.08. The molecule has 1 aromatic heterocycles. The van der Waals surface area contributed by atoms with Crippen molar-refractivity contribution in [3.8, 4) is 0 Å². The molecule has 0 radical (unpaired) electrons. The standard InChI is InChI=1S/C8H7ClO4S/c9-4-13-8(12)6(7(10)11)5-1-2-14-3-5/h1-3,6H,4H2,(H,10,11). The molecule has 76 valence electrons. The van der Waals surface area contributed by atoms with E-state index in [-0.39, 0.29) is 6.07 Å². The zero-order valence-electron chi connectivity index (χ0n) is 6.97. The molecule has 0 aromatic carbocycles. The molecule has 0 amide bonds. The first-order valence-corrected chi connectivity index (χ1v) is 5.12. The van der Waals surface area contributed by atoms with E-state index in [9.17, 15) is 9.59 Å². The number of aliphatic carboxylic acids is 1. The fourth-order valence-corrected chi connectivity index (χ4v) is 1.75. The van der Waals surface area contributed by atoms with Crippen LogP contribution in [0.4, 0.5) is 0 Å². The van der Waals surface area contributed by atoms with Crippen LogP contribution in [-0.2, 0) is 14.3 Å². The van der Waals surface area contributed by atoms with Crippen molar-refractivity contribution in [2.45, 2.75) is 5.92 Å². The molecule has 1 rings (SSSR count). The average Bonchev–Trinajstić information content (AvgIpc) is 2.57. The number of carboxylic acids is 1. The van der Waals surface area contributed by atoms with Crippen LogP contribution in [0.2, 0.25) is 0 Å². The normalized spacial score (nSPS) is 12.1. The van der Waals surface area contributed by atoms with Crippen LogP contribution in [-0.4, -0.2) is 23.1 Å². The number of esters is 1. The Morgan fingerprint density at radius 1 is 1.64 bits per heavy atom. The number of carbonyl (C=O) groups excluding carboxylic acids is 1. The number of hydrogen-bond donors (Lipinski definition) is 1. The second-order valence-corrected chi connectivity index (χ2v) is 3.40. The van der Waals surface area contributed by atoms with Crippen LogP contribution in [0.25, 0.3) is 0 Å². The molecular weight excluding hydrogens is 228 g/mol. The lowest BCUT2D eigenvalue weighted by Crippen LogP contribution is -2.23. The number of rotatable bonds is 4. The van der Waals surface area contributed by atoms with E-state index in [1.54, 1.807) is 16.8 Å². The minimum atomic E-state index is -1.28. The van der Waals surface area contributed by atoms with Gasteiger partial charge in [-0.1, -0.05) is 11.6 Å². The zero-order valence-corrected chi connectivity index (χ0v) is 8.55. The molecule has 0 aliphatic heterocycles. The number of halogens is 1. The van der Waals surface area contributed by atoms with E-state index in [1.165, 1.54) is 11.3 Å². The zero-order chi connectivity index (χ0) is 10.6. The smallest absolute Gasteiger partial charge is 0.326 e. The Bertz CT molecular complexity index is 322. The fourth-order valence-electron chi connectivity index (χ4n) is 0.956. The van der Waals surface area contributed by atoms with Crippen LogP contribution in [0.3, 0.4) is 0 Å². The highest BCUT2D eigenvalue weighted by Gasteiger charge is 2.29. The van der Waals surface area contributed by atoms with Gasteiger partial charge in [0.2, 0.25) is 0 Å². The van der Waals surface area contributed by atoms with Gasteiger partial charge < -0.3 is 9.84 Å². The molecule has 6 heteroatoms. The Balaban J connectivity index is 2.85. The van der Waals surface area contributed by atoms with Gasteiger partial charge in [-0.05, 0) is 22.4 Å². The third-order valence-corrected chi connectivity index (χ3v) is 2.37. The van der Waals surface area contributed by atoms with Gasteiger partial charge in [0.1, 0.15) is 0 Å². The van der Waals surface area contributed by atoms with E-state index >= 15 is 0 Å². The lowest BCUT2D eigenvalue weighted by atomic mass is 10.0. The molecule has 0 aliphatic rings. The minimum absolute atomic E-state index is 0.341. The van der Waals surface area contributed by atoms with Gasteiger partial charge in [0.05, 0.1) is 0 Å². The highest BCUT2D eigenvalue weighted by atomic mass is 35.5. The number of carbonyl (C=O) groups is 2. The summed E-state index contributed by atoms with van der Waals surface area (Å²) in [5, 5.41) is 12.1. The predicted molar refractivity (Wildman–Crippen MR) is 51.5 cm³/mol. The van der Waals surface area contributed by atoms with Crippen LogP contribution in [0, 0.1) is 0 Å². The Hall–Kier alpha value is -1.07. The number of alkyl halides is 1. The molecule has 0 saturated carbocycles. The summed E-state index contributed by atoms with van der Waals surface area (Å²) in [7, 11) is 0. The maximum atomic E-state index is 11.2. The fraction of sp³-hybridized carbons (Fsp3) is 0.250. The Morgan fingerprint density at radius 3 is 2.79 bits per heavy atom. The van der Waals surface area contributed by atoms with Crippen molar-refractivity contribution >= 4 is 34.9 Å². The maximum Gasteiger partial charge on any atom is 0.326 e. The first kappa shape index (κ1) is 11.0. The van der Waals surface area contributed by atoms with E-state index in [4.69, 9.17) is 16.7 Å². The third kappa shape index (κ3) is 2.46. The van der Waals surface area contributed by atoms with Crippen LogP contribution >= 0.6 is 22.9 Å². The van der Waals surface area contributed by atoms with Gasteiger partial charge in [0.25, 0.3) is 0 Å². The number of carboxylic acid groups (broad SMARTS) is 1. The summed E-state index contributed by atoms with van der Waals surface area (Å²) in [5.41, 5.74) is 0.414. The van der Waals surface area contributed by atoms with E-state index in [0.29, 0.717) is 5.56 Å². The van der Waals surface area contributed by atoms with E-state index in [1.807, 2.05) is 0 Å². The second-order valence-electron chi connectivity index (χ2n) is 2.40. The summed E-state index contributed by atoms with van der Waals surface area (Å²) in [6, 6.07) is 1.23. The van der Waals surface area contributed by atoms with E-state index < -0.39 is 17.9 Å². The van der Waals surface area contributed by atoms with Crippen molar-refractivity contribution in [1.82, 2.24) is 0 Å². The topological polar surface area (TPSA) is 63.6 Å². The van der Waals surface area contributed by atoms with Crippen molar-refractivity contribution in [2.75, 3.05) is 6.07 Å². The molecule has 0 saturated heterocycles. The minimum Gasteiger partial charge on any atom is -0.480 e. The van der Waals surface area contributed by atoms with Gasteiger partial charge in [-0.2, -0.15) is 11.3 Å². The second kappa shape index (κ2) is 4.97. The molecule has 1 aromatic rings. The molecule has 1 N–H and O–H groups in total. The molecule has 0 fully saturated rings. The number of hydrogen-bond acceptors (Lipinski definition) is 4. The molecule has 14 heavy (non-hydrogen) atoms. The molecule has 1 unspecified atom stereocenters. The van der Waals surface area contributed by atoms with E-state index in [0.717, 1.165) is 0 Å². The van der Waals surface area contributed by atoms with Crippen LogP contribution in [0.1, 0.15) is 11.5 Å². The number of thiophene rings is 1. The van der Waals surface area contributed by atoms with Gasteiger partial charge in [-0.25, -0.2) is 0 Å². The third-order valence-electron chi connectivity index (χ3n) is 1.56. The quantitative estimate of drug-likeness (QED) is 0.489. The SMILES string of the molecule is O=C(O)C(C(=O)OCCl)c1ccsc1. The van der Waals surface area contributed by atoms with Crippen LogP contribution < -0.4 is 0 Å². The highest BCUT2D eigenvalue weighted by molar-refractivity contribution is 7.08. The largest absolute Gasteiger partial charge is 0.480 e. The van der Waals surface area contributed by atoms with Crippen molar-refractivity contribution in [1.29, 1.82) is 0 Å². The van der Waals surface area contributed by atoms with Gasteiger partial charge in [0, 0.05) is 0 Å². The van der Waals surface area contributed by atoms with Crippen molar-refractivity contribution < 1.29 is 19.4 Å². The Labute approximate surface area is 89.1 Å². The van der Waals surface area contributed by atoms with Crippen molar-refractivity contribution in [2.24, 2.45) is 0 Å². The molecular formula is C8H7ClO4S. The highest BCUT2D eigenvalue weighted by Crippen LogP contribution is 2.20. The Kier molecular flexibility index (Phi) is 3.91. The van der Waals surface area contributed by atoms with Gasteiger partial charge >= 0.3 is 11.9 Å². The summed E-state index contributed by atoms with van der Waals surface area (Å²) < 4.78 is 4.44. The summed E-state index contributed by atoms with van der Waals surface area (Å²) >= 11 is 6.49. The average molecular weight is 235 g/mol. The molecule has 0 aliphatic carbocycles. The van der Waals surface area contributed by atoms with Crippen molar-refractivity contribution in [3.05, 3.63) is 22.4 Å². The summed E-state index contributed by atoms with van der Waals surface area (Å²) in [4.78, 5) is 22.0. The monoisotopic (exact) mass is 234 g/mol. The lowest BCUT2D eigenvalue weighted by molar-refractivity contribution is -0.152. The summed E-state index contributed by atoms with van der Waals surface area (Å²) in [5.74, 6) is -3.36. The van der Waals surface area contributed by atoms with Gasteiger partial charge in [-0.15, -0.1) is 0 Å². The first-order chi connectivity index (χ1) is 6.66. The summed E-state index contributed by atoms with van der Waals surface area (Å²) in [6.45, 7) is 0. The summed E-state index contributed by atoms with van der Waals surface area (Å²) in [6.07, 6.45) is 0. The maximum absolute atomic E-state index is 11.2. The Morgan fingerprint density at radius 2 is 2.36 bits per heavy atom. The molecule has 4 nitrogen and oxygen atoms in total. The molecule has 1 heterocycles. The molecule has 0 spiro atoms. The van der Waals surface area contributed by atoms with Gasteiger partial charge in [-0.3, -0.25) is 9.59 Å². The number of ether oxygens (including phenoxy) is 1. The van der Waals surface area contributed by atoms with Crippen molar-refractivity contribution in [3.63, 3.8) is 0 Å². The van der Waals surface area contributed by atoms with Gasteiger partial charge in [0.15, 0.2) is 12.0 Å². The predicted octanol–water partition coefficient (Wildman–Crippen LogP) is 1.66. The van der Waals surface area contributed by atoms with Crippen LogP contribution in [0.5, 0.6) is 0 Å². The molecule has 0 bridgehead atoms. The first-order valence-electron chi connectivity index (χ1n) is 3.64. The van der Waals surface area contributed by atoms with Crippen LogP contribution in [0.15, 0.2) is 16.8 Å². The van der Waals surface area contributed by atoms with E-state index in [2.05, 4.69) is 4.74 Å². The molecule has 1 atom stereocenters.